The molecule has 1 aliphatic carbocycles. The zero-order chi connectivity index (χ0) is 17.4. The van der Waals surface area contributed by atoms with Gasteiger partial charge in [0.25, 0.3) is 0 Å². The molecule has 0 spiro atoms. The summed E-state index contributed by atoms with van der Waals surface area (Å²) in [4.78, 5) is 27.8. The molecule has 1 aliphatic heterocycles. The van der Waals surface area contributed by atoms with Crippen LogP contribution in [0, 0.1) is 5.92 Å². The van der Waals surface area contributed by atoms with Crippen LogP contribution in [-0.4, -0.2) is 59.5 Å². The van der Waals surface area contributed by atoms with Crippen LogP contribution in [0.3, 0.4) is 0 Å². The molecule has 130 valence electrons. The van der Waals surface area contributed by atoms with Gasteiger partial charge in [0.1, 0.15) is 6.61 Å². The number of aliphatic hydroxyl groups is 1. The van der Waals surface area contributed by atoms with E-state index in [4.69, 9.17) is 5.11 Å². The zero-order valence-electron chi connectivity index (χ0n) is 14.1. The fourth-order valence-corrected chi connectivity index (χ4v) is 3.90. The van der Waals surface area contributed by atoms with Crippen LogP contribution in [0.15, 0.2) is 42.5 Å². The van der Waals surface area contributed by atoms with Crippen LogP contribution < -0.4 is 0 Å². The molecule has 4 rings (SSSR count). The standard InChI is InChI=1S/C20H22N2O3/c23-13-19(24)21-8-10-22(11-9-21)20(25)18-12-17(18)16-7-3-5-14-4-1-2-6-15(14)16/h1-7,17-18,23H,8-13H2. The van der Waals surface area contributed by atoms with Crippen molar-refractivity contribution in [3.05, 3.63) is 48.0 Å². The minimum Gasteiger partial charge on any atom is -0.387 e. The van der Waals surface area contributed by atoms with Crippen molar-refractivity contribution in [2.75, 3.05) is 32.8 Å². The molecule has 2 aromatic rings. The minimum atomic E-state index is -0.459. The van der Waals surface area contributed by atoms with E-state index in [1.807, 2.05) is 17.0 Å². The summed E-state index contributed by atoms with van der Waals surface area (Å²) >= 11 is 0. The van der Waals surface area contributed by atoms with E-state index in [0.29, 0.717) is 32.1 Å². The van der Waals surface area contributed by atoms with Gasteiger partial charge < -0.3 is 14.9 Å². The third kappa shape index (κ3) is 3.00. The van der Waals surface area contributed by atoms with Crippen molar-refractivity contribution < 1.29 is 14.7 Å². The van der Waals surface area contributed by atoms with Gasteiger partial charge in [-0.3, -0.25) is 9.59 Å². The SMILES string of the molecule is O=C(CO)N1CCN(C(=O)C2CC2c2cccc3ccccc23)CC1. The average Bonchev–Trinajstić information content (AvgIpc) is 3.47. The summed E-state index contributed by atoms with van der Waals surface area (Å²) in [6.07, 6.45) is 0.905. The maximum atomic E-state index is 12.8. The number of rotatable bonds is 3. The molecular weight excluding hydrogens is 316 g/mol. The summed E-state index contributed by atoms with van der Waals surface area (Å²) in [7, 11) is 0. The maximum Gasteiger partial charge on any atom is 0.248 e. The van der Waals surface area contributed by atoms with Crippen molar-refractivity contribution in [3.8, 4) is 0 Å². The van der Waals surface area contributed by atoms with Crippen LogP contribution in [0.25, 0.3) is 10.8 Å². The Morgan fingerprint density at radius 1 is 0.960 bits per heavy atom. The van der Waals surface area contributed by atoms with Crippen LogP contribution in [0.4, 0.5) is 0 Å². The maximum absolute atomic E-state index is 12.8. The van der Waals surface area contributed by atoms with Gasteiger partial charge in [-0.15, -0.1) is 0 Å². The first-order valence-electron chi connectivity index (χ1n) is 8.84. The summed E-state index contributed by atoms with van der Waals surface area (Å²) in [5, 5.41) is 11.4. The number of aliphatic hydroxyl groups excluding tert-OH is 1. The van der Waals surface area contributed by atoms with E-state index < -0.39 is 6.61 Å². The van der Waals surface area contributed by atoms with Gasteiger partial charge in [0.2, 0.25) is 11.8 Å². The molecule has 2 atom stereocenters. The highest BCUT2D eigenvalue weighted by atomic mass is 16.3. The molecule has 2 fully saturated rings. The molecule has 0 aromatic heterocycles. The Morgan fingerprint density at radius 2 is 1.64 bits per heavy atom. The van der Waals surface area contributed by atoms with E-state index >= 15 is 0 Å². The van der Waals surface area contributed by atoms with Crippen molar-refractivity contribution >= 4 is 22.6 Å². The van der Waals surface area contributed by atoms with E-state index in [2.05, 4.69) is 30.3 Å². The molecule has 0 radical (unpaired) electrons. The molecule has 0 bridgehead atoms. The van der Waals surface area contributed by atoms with Gasteiger partial charge in [-0.25, -0.2) is 0 Å². The number of hydrogen-bond donors (Lipinski definition) is 1. The second-order valence-electron chi connectivity index (χ2n) is 6.88. The Balaban J connectivity index is 1.43. The van der Waals surface area contributed by atoms with Gasteiger partial charge in [-0.1, -0.05) is 42.5 Å². The number of hydrogen-bond acceptors (Lipinski definition) is 3. The molecule has 5 nitrogen and oxygen atoms in total. The monoisotopic (exact) mass is 338 g/mol. The van der Waals surface area contributed by atoms with Crippen molar-refractivity contribution in [3.63, 3.8) is 0 Å². The number of fused-ring (bicyclic) bond motifs is 1. The normalized spacial score (nSPS) is 22.9. The first kappa shape index (κ1) is 16.1. The van der Waals surface area contributed by atoms with Crippen molar-refractivity contribution in [1.82, 2.24) is 9.80 Å². The van der Waals surface area contributed by atoms with Gasteiger partial charge in [-0.2, -0.15) is 0 Å². The smallest absolute Gasteiger partial charge is 0.248 e. The Kier molecular flexibility index (Phi) is 4.17. The lowest BCUT2D eigenvalue weighted by molar-refractivity contribution is -0.141. The molecule has 1 saturated carbocycles. The van der Waals surface area contributed by atoms with Crippen molar-refractivity contribution in [2.24, 2.45) is 5.92 Å². The van der Waals surface area contributed by atoms with Gasteiger partial charge in [0, 0.05) is 32.1 Å². The quantitative estimate of drug-likeness (QED) is 0.925. The van der Waals surface area contributed by atoms with Crippen LogP contribution in [0.5, 0.6) is 0 Å². The number of amides is 2. The molecule has 5 heteroatoms. The number of nitrogens with zero attached hydrogens (tertiary/aromatic N) is 2. The molecular formula is C20H22N2O3. The largest absolute Gasteiger partial charge is 0.387 e. The third-order valence-corrected chi connectivity index (χ3v) is 5.41. The van der Waals surface area contributed by atoms with Crippen LogP contribution in [0.1, 0.15) is 17.9 Å². The first-order chi connectivity index (χ1) is 12.2. The second-order valence-corrected chi connectivity index (χ2v) is 6.88. The second kappa shape index (κ2) is 6.48. The Hall–Kier alpha value is -2.40. The summed E-state index contributed by atoms with van der Waals surface area (Å²) in [5.41, 5.74) is 1.27. The fraction of sp³-hybridized carbons (Fsp3) is 0.400. The summed E-state index contributed by atoms with van der Waals surface area (Å²) in [6.45, 7) is 1.68. The predicted octanol–water partition coefficient (Wildman–Crippen LogP) is 1.61. The van der Waals surface area contributed by atoms with E-state index in [0.717, 1.165) is 6.42 Å². The molecule has 2 aliphatic rings. The topological polar surface area (TPSA) is 60.9 Å². The van der Waals surface area contributed by atoms with E-state index in [-0.39, 0.29) is 17.7 Å². The highest BCUT2D eigenvalue weighted by Gasteiger charge is 2.46. The van der Waals surface area contributed by atoms with Crippen LogP contribution in [-0.2, 0) is 9.59 Å². The Labute approximate surface area is 146 Å². The highest BCUT2D eigenvalue weighted by Crippen LogP contribution is 2.50. The lowest BCUT2D eigenvalue weighted by Crippen LogP contribution is -2.51. The number of carbonyl (C=O) groups is 2. The van der Waals surface area contributed by atoms with Gasteiger partial charge in [-0.05, 0) is 28.7 Å². The van der Waals surface area contributed by atoms with Crippen LogP contribution in [0.2, 0.25) is 0 Å². The van der Waals surface area contributed by atoms with Crippen LogP contribution >= 0.6 is 0 Å². The summed E-state index contributed by atoms with van der Waals surface area (Å²) < 4.78 is 0. The van der Waals surface area contributed by atoms with E-state index in [9.17, 15) is 9.59 Å². The van der Waals surface area contributed by atoms with Crippen molar-refractivity contribution in [2.45, 2.75) is 12.3 Å². The lowest BCUT2D eigenvalue weighted by Gasteiger charge is -2.34. The van der Waals surface area contributed by atoms with Gasteiger partial charge in [0.05, 0.1) is 0 Å². The van der Waals surface area contributed by atoms with Gasteiger partial charge in [0.15, 0.2) is 0 Å². The minimum absolute atomic E-state index is 0.0610. The number of carbonyl (C=O) groups excluding carboxylic acids is 2. The fourth-order valence-electron chi connectivity index (χ4n) is 3.90. The molecule has 1 N–H and O–H groups in total. The molecule has 2 amide bonds. The first-order valence-corrected chi connectivity index (χ1v) is 8.84. The molecule has 25 heavy (non-hydrogen) atoms. The molecule has 2 aromatic carbocycles. The zero-order valence-corrected chi connectivity index (χ0v) is 14.1. The highest BCUT2D eigenvalue weighted by molar-refractivity contribution is 5.89. The summed E-state index contributed by atoms with van der Waals surface area (Å²) in [6, 6.07) is 14.6. The molecule has 1 saturated heterocycles. The molecule has 2 unspecified atom stereocenters. The third-order valence-electron chi connectivity index (χ3n) is 5.41. The number of piperazine rings is 1. The average molecular weight is 338 g/mol. The predicted molar refractivity (Wildman–Crippen MR) is 95.0 cm³/mol. The van der Waals surface area contributed by atoms with E-state index in [1.54, 1.807) is 4.90 Å². The summed E-state index contributed by atoms with van der Waals surface area (Å²) in [5.74, 6) is 0.308. The Morgan fingerprint density at radius 3 is 2.40 bits per heavy atom. The molecule has 1 heterocycles. The van der Waals surface area contributed by atoms with Crippen molar-refractivity contribution in [1.29, 1.82) is 0 Å². The lowest BCUT2D eigenvalue weighted by atomic mass is 10.00. The Bertz CT molecular complexity index is 806. The van der Waals surface area contributed by atoms with Gasteiger partial charge >= 0.3 is 0 Å². The number of benzene rings is 2. The van der Waals surface area contributed by atoms with E-state index in [1.165, 1.54) is 16.3 Å².